The normalized spacial score (nSPS) is 10.9. The Morgan fingerprint density at radius 3 is 2.38 bits per heavy atom. The molecule has 29 heavy (non-hydrogen) atoms. The van der Waals surface area contributed by atoms with Crippen molar-refractivity contribution in [3.05, 3.63) is 58.3 Å². The van der Waals surface area contributed by atoms with Gasteiger partial charge in [-0.3, -0.25) is 9.36 Å². The van der Waals surface area contributed by atoms with Gasteiger partial charge in [0.25, 0.3) is 5.56 Å². The second-order valence-electron chi connectivity index (χ2n) is 7.14. The molecule has 0 bridgehead atoms. The highest BCUT2D eigenvalue weighted by Gasteiger charge is 2.17. The number of carbonyl (C=O) groups is 2. The van der Waals surface area contributed by atoms with Crippen LogP contribution in [0.25, 0.3) is 5.69 Å². The number of anilines is 1. The van der Waals surface area contributed by atoms with Crippen molar-refractivity contribution >= 4 is 17.7 Å². The highest BCUT2D eigenvalue weighted by molar-refractivity contribution is 5.90. The Morgan fingerprint density at radius 1 is 1.14 bits per heavy atom. The number of halogens is 1. The summed E-state index contributed by atoms with van der Waals surface area (Å²) in [5, 5.41) is 5.62. The summed E-state index contributed by atoms with van der Waals surface area (Å²) in [6.07, 6.45) is 0.931. The molecule has 0 aliphatic heterocycles. The lowest BCUT2D eigenvalue weighted by atomic mass is 10.2. The minimum atomic E-state index is -0.790. The lowest BCUT2D eigenvalue weighted by Crippen LogP contribution is -2.35. The maximum atomic E-state index is 13.2. The maximum absolute atomic E-state index is 13.2. The average Bonchev–Trinajstić information content (AvgIpc) is 2.65. The molecule has 8 nitrogen and oxygen atoms in total. The van der Waals surface area contributed by atoms with Crippen molar-refractivity contribution in [2.45, 2.75) is 26.4 Å². The lowest BCUT2D eigenvalue weighted by molar-refractivity contribution is 0.0528. The second-order valence-corrected chi connectivity index (χ2v) is 7.14. The molecule has 0 fully saturated rings. The molecule has 1 amide bonds. The van der Waals surface area contributed by atoms with Crippen LogP contribution in [0, 0.1) is 5.82 Å². The molecular weight excluding hydrogens is 381 g/mol. The summed E-state index contributed by atoms with van der Waals surface area (Å²) in [6.45, 7) is 5.84. The fraction of sp³-hybridized carbons (Fsp3) is 0.350. The second kappa shape index (κ2) is 9.22. The van der Waals surface area contributed by atoms with Crippen molar-refractivity contribution in [1.82, 2.24) is 9.88 Å². The van der Waals surface area contributed by atoms with E-state index >= 15 is 0 Å². The van der Waals surface area contributed by atoms with Gasteiger partial charge in [-0.2, -0.15) is 0 Å². The van der Waals surface area contributed by atoms with Gasteiger partial charge >= 0.3 is 12.1 Å². The smallest absolute Gasteiger partial charge is 0.407 e. The number of carbonyl (C=O) groups excluding carboxylic acids is 2. The van der Waals surface area contributed by atoms with Crippen molar-refractivity contribution in [3.63, 3.8) is 0 Å². The van der Waals surface area contributed by atoms with E-state index in [1.54, 1.807) is 20.8 Å². The summed E-state index contributed by atoms with van der Waals surface area (Å²) in [6, 6.07) is 6.63. The molecule has 2 N–H and O–H groups in total. The zero-order chi connectivity index (χ0) is 21.6. The standard InChI is InChI=1S/C20H24FN3O5/c1-20(2,3)29-19(27)23-10-9-22-14-11-16(18(26)28-4)17(25)24(12-14)15-7-5-13(21)6-8-15/h5-8,11-12,22H,9-10H2,1-4H3,(H,23,27). The highest BCUT2D eigenvalue weighted by atomic mass is 19.1. The van der Waals surface area contributed by atoms with Gasteiger partial charge in [-0.25, -0.2) is 14.0 Å². The minimum Gasteiger partial charge on any atom is -0.465 e. The Bertz CT molecular complexity index is 933. The Labute approximate surface area is 167 Å². The van der Waals surface area contributed by atoms with E-state index in [1.807, 2.05) is 0 Å². The van der Waals surface area contributed by atoms with Crippen LogP contribution in [0.4, 0.5) is 14.9 Å². The monoisotopic (exact) mass is 405 g/mol. The van der Waals surface area contributed by atoms with Crippen LogP contribution in [0.2, 0.25) is 0 Å². The number of aromatic nitrogens is 1. The Kier molecular flexibility index (Phi) is 6.98. The SMILES string of the molecule is COC(=O)c1cc(NCCNC(=O)OC(C)(C)C)cn(-c2ccc(F)cc2)c1=O. The molecule has 1 heterocycles. The number of esters is 1. The van der Waals surface area contributed by atoms with Crippen molar-refractivity contribution in [1.29, 1.82) is 0 Å². The van der Waals surface area contributed by atoms with Gasteiger partial charge in [0, 0.05) is 25.0 Å². The number of hydrogen-bond donors (Lipinski definition) is 2. The van der Waals surface area contributed by atoms with E-state index in [4.69, 9.17) is 4.74 Å². The fourth-order valence-corrected chi connectivity index (χ4v) is 2.41. The van der Waals surface area contributed by atoms with Gasteiger partial charge in [0.05, 0.1) is 12.8 Å². The minimum absolute atomic E-state index is 0.179. The Balaban J connectivity index is 2.18. The van der Waals surface area contributed by atoms with Gasteiger partial charge in [0.2, 0.25) is 0 Å². The number of pyridine rings is 1. The highest BCUT2D eigenvalue weighted by Crippen LogP contribution is 2.13. The summed E-state index contributed by atoms with van der Waals surface area (Å²) in [5.74, 6) is -1.24. The molecule has 0 saturated heterocycles. The van der Waals surface area contributed by atoms with E-state index in [1.165, 1.54) is 48.2 Å². The van der Waals surface area contributed by atoms with Crippen LogP contribution in [0.3, 0.4) is 0 Å². The van der Waals surface area contributed by atoms with Gasteiger partial charge in [-0.1, -0.05) is 0 Å². The first kappa shape index (κ1) is 21.9. The molecule has 0 aliphatic carbocycles. The third-order valence-electron chi connectivity index (χ3n) is 3.65. The number of nitrogens with one attached hydrogen (secondary N) is 2. The van der Waals surface area contributed by atoms with Crippen molar-refractivity contribution in [2.24, 2.45) is 0 Å². The number of nitrogens with zero attached hydrogens (tertiary/aromatic N) is 1. The third-order valence-corrected chi connectivity index (χ3v) is 3.65. The van der Waals surface area contributed by atoms with E-state index in [2.05, 4.69) is 15.4 Å². The fourth-order valence-electron chi connectivity index (χ4n) is 2.41. The van der Waals surface area contributed by atoms with Gasteiger partial charge in [-0.05, 0) is 51.1 Å². The number of amides is 1. The molecule has 0 spiro atoms. The van der Waals surface area contributed by atoms with Gasteiger partial charge < -0.3 is 20.1 Å². The topological polar surface area (TPSA) is 98.7 Å². The summed E-state index contributed by atoms with van der Waals surface area (Å²) in [7, 11) is 1.18. The van der Waals surface area contributed by atoms with E-state index < -0.39 is 29.0 Å². The molecule has 0 radical (unpaired) electrons. The number of benzene rings is 1. The molecule has 9 heteroatoms. The van der Waals surface area contributed by atoms with Crippen molar-refractivity contribution < 1.29 is 23.5 Å². The summed E-state index contributed by atoms with van der Waals surface area (Å²) < 4.78 is 24.2. The summed E-state index contributed by atoms with van der Waals surface area (Å²) in [4.78, 5) is 36.3. The summed E-state index contributed by atoms with van der Waals surface area (Å²) in [5.41, 5.74) is -0.544. The van der Waals surface area contributed by atoms with Gasteiger partial charge in [0.1, 0.15) is 17.0 Å². The molecule has 1 aromatic carbocycles. The van der Waals surface area contributed by atoms with Crippen LogP contribution >= 0.6 is 0 Å². The molecule has 0 atom stereocenters. The first-order valence-corrected chi connectivity index (χ1v) is 8.92. The maximum Gasteiger partial charge on any atom is 0.407 e. The van der Waals surface area contributed by atoms with Crippen LogP contribution in [0.15, 0.2) is 41.3 Å². The van der Waals surface area contributed by atoms with E-state index in [9.17, 15) is 18.8 Å². The number of alkyl carbamates (subject to hydrolysis) is 1. The number of hydrogen-bond acceptors (Lipinski definition) is 6. The zero-order valence-electron chi connectivity index (χ0n) is 16.7. The van der Waals surface area contributed by atoms with Crippen LogP contribution in [0.1, 0.15) is 31.1 Å². The molecule has 1 aromatic heterocycles. The quantitative estimate of drug-likeness (QED) is 0.566. The van der Waals surface area contributed by atoms with Crippen LogP contribution < -0.4 is 16.2 Å². The Hall–Kier alpha value is -3.36. The number of methoxy groups -OCH3 is 1. The summed E-state index contributed by atoms with van der Waals surface area (Å²) >= 11 is 0. The largest absolute Gasteiger partial charge is 0.465 e. The molecule has 156 valence electrons. The molecule has 2 rings (SSSR count). The zero-order valence-corrected chi connectivity index (χ0v) is 16.7. The van der Waals surface area contributed by atoms with Gasteiger partial charge in [0.15, 0.2) is 0 Å². The molecule has 2 aromatic rings. The third kappa shape index (κ3) is 6.34. The molecule has 0 saturated carbocycles. The van der Waals surface area contributed by atoms with E-state index in [-0.39, 0.29) is 12.1 Å². The number of ether oxygens (including phenoxy) is 2. The Morgan fingerprint density at radius 2 is 1.79 bits per heavy atom. The van der Waals surface area contributed by atoms with Gasteiger partial charge in [-0.15, -0.1) is 0 Å². The van der Waals surface area contributed by atoms with Crippen LogP contribution in [-0.2, 0) is 9.47 Å². The number of rotatable bonds is 6. The van der Waals surface area contributed by atoms with Crippen LogP contribution in [-0.4, -0.2) is 42.4 Å². The van der Waals surface area contributed by atoms with E-state index in [0.717, 1.165) is 0 Å². The van der Waals surface area contributed by atoms with Crippen molar-refractivity contribution in [2.75, 3.05) is 25.5 Å². The predicted octanol–water partition coefficient (Wildman–Crippen LogP) is 2.70. The van der Waals surface area contributed by atoms with E-state index in [0.29, 0.717) is 17.9 Å². The van der Waals surface area contributed by atoms with Crippen molar-refractivity contribution in [3.8, 4) is 5.69 Å². The first-order valence-electron chi connectivity index (χ1n) is 8.92. The lowest BCUT2D eigenvalue weighted by Gasteiger charge is -2.19. The molecule has 0 unspecified atom stereocenters. The predicted molar refractivity (Wildman–Crippen MR) is 106 cm³/mol. The first-order chi connectivity index (χ1) is 13.6. The average molecular weight is 405 g/mol. The molecule has 0 aliphatic rings. The molecular formula is C20H24FN3O5. The van der Waals surface area contributed by atoms with Crippen LogP contribution in [0.5, 0.6) is 0 Å².